The Bertz CT molecular complexity index is 204. The van der Waals surface area contributed by atoms with Crippen LogP contribution < -0.4 is 0 Å². The molecular weight excluding hydrogens is 206 g/mol. The van der Waals surface area contributed by atoms with Crippen LogP contribution in [0.3, 0.4) is 0 Å². The van der Waals surface area contributed by atoms with Gasteiger partial charge in [-0.25, -0.2) is 0 Å². The molecule has 0 saturated heterocycles. The first-order valence-electron chi connectivity index (χ1n) is 7.32. The van der Waals surface area contributed by atoms with E-state index in [0.717, 1.165) is 18.9 Å². The molecule has 0 spiro atoms. The number of nitrogens with zero attached hydrogens (tertiary/aromatic N) is 1. The van der Waals surface area contributed by atoms with Crippen molar-refractivity contribution < 1.29 is 0 Å². The van der Waals surface area contributed by atoms with Crippen LogP contribution in [0.15, 0.2) is 0 Å². The maximum atomic E-state index is 5.51. The Morgan fingerprint density at radius 1 is 1.12 bits per heavy atom. The quantitative estimate of drug-likeness (QED) is 0.404. The van der Waals surface area contributed by atoms with Gasteiger partial charge in [-0.2, -0.15) is 0 Å². The molecule has 0 rings (SSSR count). The molecule has 1 nitrogen and oxygen atoms in total. The van der Waals surface area contributed by atoms with E-state index in [2.05, 4.69) is 38.6 Å². The molecule has 0 radical (unpaired) electrons. The Balaban J connectivity index is 3.62. The van der Waals surface area contributed by atoms with Crippen LogP contribution in [-0.2, 0) is 0 Å². The van der Waals surface area contributed by atoms with Crippen LogP contribution in [0.1, 0.15) is 65.7 Å². The maximum Gasteiger partial charge on any atom is 0.0706 e. The molecule has 0 saturated carbocycles. The maximum absolute atomic E-state index is 5.51. The number of rotatable bonds is 10. The van der Waals surface area contributed by atoms with Crippen molar-refractivity contribution in [3.8, 4) is 12.3 Å². The second-order valence-electron chi connectivity index (χ2n) is 5.31. The fourth-order valence-electron chi connectivity index (χ4n) is 2.20. The summed E-state index contributed by atoms with van der Waals surface area (Å²) in [6.07, 6.45) is 14.7. The highest BCUT2D eigenvalue weighted by molar-refractivity contribution is 4.98. The van der Waals surface area contributed by atoms with Gasteiger partial charge in [-0.15, -0.1) is 6.42 Å². The monoisotopic (exact) mass is 237 g/mol. The first-order valence-corrected chi connectivity index (χ1v) is 7.32. The Hall–Kier alpha value is -0.480. The molecule has 100 valence electrons. The van der Waals surface area contributed by atoms with Gasteiger partial charge in [-0.3, -0.25) is 4.90 Å². The van der Waals surface area contributed by atoms with Gasteiger partial charge in [-0.05, 0) is 32.4 Å². The summed E-state index contributed by atoms with van der Waals surface area (Å²) in [6.45, 7) is 7.94. The topological polar surface area (TPSA) is 3.24 Å². The van der Waals surface area contributed by atoms with E-state index in [-0.39, 0.29) is 0 Å². The second kappa shape index (κ2) is 10.7. The number of hydrogen-bond donors (Lipinski definition) is 0. The van der Waals surface area contributed by atoms with Gasteiger partial charge in [0.25, 0.3) is 0 Å². The average molecular weight is 237 g/mol. The molecule has 0 N–H and O–H groups in total. The summed E-state index contributed by atoms with van der Waals surface area (Å²) in [6, 6.07) is 0.322. The minimum absolute atomic E-state index is 0.322. The average Bonchev–Trinajstić information content (AvgIpc) is 2.33. The summed E-state index contributed by atoms with van der Waals surface area (Å²) in [5, 5.41) is 0. The predicted molar refractivity (Wildman–Crippen MR) is 78.1 cm³/mol. The summed E-state index contributed by atoms with van der Waals surface area (Å²) in [7, 11) is 2.15. The molecule has 0 aliphatic carbocycles. The lowest BCUT2D eigenvalue weighted by molar-refractivity contribution is 0.258. The van der Waals surface area contributed by atoms with Crippen molar-refractivity contribution in [2.24, 2.45) is 5.92 Å². The largest absolute Gasteiger partial charge is 0.293 e. The molecule has 0 aliphatic heterocycles. The van der Waals surface area contributed by atoms with E-state index in [1.54, 1.807) is 0 Å². The number of unbranched alkanes of at least 4 members (excludes halogenated alkanes) is 3. The number of hydrogen-bond acceptors (Lipinski definition) is 1. The van der Waals surface area contributed by atoms with Crippen LogP contribution in [0.25, 0.3) is 0 Å². The first-order chi connectivity index (χ1) is 8.15. The van der Waals surface area contributed by atoms with Crippen molar-refractivity contribution in [3.63, 3.8) is 0 Å². The molecule has 1 heteroatoms. The van der Waals surface area contributed by atoms with Gasteiger partial charge in [0.2, 0.25) is 0 Å². The Kier molecular flexibility index (Phi) is 10.4. The predicted octanol–water partition coefficient (Wildman–Crippen LogP) is 4.33. The zero-order valence-electron chi connectivity index (χ0n) is 12.3. The smallest absolute Gasteiger partial charge is 0.0706 e. The SMILES string of the molecule is C#CC(CC)N(C)CCC(C)CCCCCC. The normalized spacial score (nSPS) is 14.6. The van der Waals surface area contributed by atoms with E-state index in [0.29, 0.717) is 6.04 Å². The Morgan fingerprint density at radius 2 is 1.82 bits per heavy atom. The van der Waals surface area contributed by atoms with Crippen LogP contribution >= 0.6 is 0 Å². The van der Waals surface area contributed by atoms with E-state index < -0.39 is 0 Å². The molecule has 0 aromatic carbocycles. The van der Waals surface area contributed by atoms with E-state index in [1.165, 1.54) is 38.5 Å². The summed E-state index contributed by atoms with van der Waals surface area (Å²) < 4.78 is 0. The number of terminal acetylenes is 1. The zero-order chi connectivity index (χ0) is 13.1. The van der Waals surface area contributed by atoms with Crippen LogP contribution in [0, 0.1) is 18.3 Å². The summed E-state index contributed by atoms with van der Waals surface area (Å²) in [5.41, 5.74) is 0. The lowest BCUT2D eigenvalue weighted by Crippen LogP contribution is -2.31. The summed E-state index contributed by atoms with van der Waals surface area (Å²) in [5.74, 6) is 3.70. The van der Waals surface area contributed by atoms with Crippen molar-refractivity contribution in [1.82, 2.24) is 4.90 Å². The van der Waals surface area contributed by atoms with Crippen molar-refractivity contribution in [2.45, 2.75) is 71.8 Å². The van der Waals surface area contributed by atoms with E-state index in [9.17, 15) is 0 Å². The molecule has 0 heterocycles. The Morgan fingerprint density at radius 3 is 2.35 bits per heavy atom. The fraction of sp³-hybridized carbons (Fsp3) is 0.875. The minimum Gasteiger partial charge on any atom is -0.293 e. The highest BCUT2D eigenvalue weighted by Gasteiger charge is 2.10. The van der Waals surface area contributed by atoms with Gasteiger partial charge in [0, 0.05) is 0 Å². The van der Waals surface area contributed by atoms with E-state index in [4.69, 9.17) is 6.42 Å². The summed E-state index contributed by atoms with van der Waals surface area (Å²) in [4.78, 5) is 2.32. The highest BCUT2D eigenvalue weighted by atomic mass is 15.1. The summed E-state index contributed by atoms with van der Waals surface area (Å²) >= 11 is 0. The van der Waals surface area contributed by atoms with Crippen molar-refractivity contribution in [2.75, 3.05) is 13.6 Å². The lowest BCUT2D eigenvalue weighted by atomic mass is 9.99. The van der Waals surface area contributed by atoms with Crippen molar-refractivity contribution >= 4 is 0 Å². The third kappa shape index (κ3) is 8.27. The molecule has 2 atom stereocenters. The van der Waals surface area contributed by atoms with Gasteiger partial charge >= 0.3 is 0 Å². The third-order valence-electron chi connectivity index (χ3n) is 3.64. The van der Waals surface area contributed by atoms with Gasteiger partial charge in [-0.1, -0.05) is 58.8 Å². The molecule has 0 aromatic heterocycles. The van der Waals surface area contributed by atoms with Gasteiger partial charge in [0.05, 0.1) is 6.04 Å². The van der Waals surface area contributed by atoms with Crippen molar-refractivity contribution in [1.29, 1.82) is 0 Å². The molecule has 2 unspecified atom stereocenters. The first kappa shape index (κ1) is 16.5. The zero-order valence-corrected chi connectivity index (χ0v) is 12.3. The van der Waals surface area contributed by atoms with Crippen LogP contribution in [0.4, 0.5) is 0 Å². The third-order valence-corrected chi connectivity index (χ3v) is 3.64. The highest BCUT2D eigenvalue weighted by Crippen LogP contribution is 2.14. The van der Waals surface area contributed by atoms with Gasteiger partial charge in [0.1, 0.15) is 0 Å². The Labute approximate surface area is 109 Å². The second-order valence-corrected chi connectivity index (χ2v) is 5.31. The standard InChI is InChI=1S/C16H31N/c1-6-9-10-11-12-15(4)13-14-17(5)16(7-2)8-3/h2,15-16H,6,8-14H2,1,3-5H3. The molecule has 0 amide bonds. The van der Waals surface area contributed by atoms with E-state index >= 15 is 0 Å². The van der Waals surface area contributed by atoms with Crippen LogP contribution in [-0.4, -0.2) is 24.5 Å². The van der Waals surface area contributed by atoms with Crippen LogP contribution in [0.2, 0.25) is 0 Å². The van der Waals surface area contributed by atoms with Crippen LogP contribution in [0.5, 0.6) is 0 Å². The van der Waals surface area contributed by atoms with E-state index in [1.807, 2.05) is 0 Å². The fourth-order valence-corrected chi connectivity index (χ4v) is 2.20. The van der Waals surface area contributed by atoms with Gasteiger partial charge in [0.15, 0.2) is 0 Å². The molecule has 0 aliphatic rings. The lowest BCUT2D eigenvalue weighted by Gasteiger charge is -2.24. The van der Waals surface area contributed by atoms with Crippen molar-refractivity contribution in [3.05, 3.63) is 0 Å². The van der Waals surface area contributed by atoms with Gasteiger partial charge < -0.3 is 0 Å². The molecular formula is C16H31N. The molecule has 0 fully saturated rings. The molecule has 17 heavy (non-hydrogen) atoms. The molecule has 0 aromatic rings. The minimum atomic E-state index is 0.322. The molecule has 0 bridgehead atoms.